The van der Waals surface area contributed by atoms with Gasteiger partial charge in [-0.05, 0) is 53.1 Å². The summed E-state index contributed by atoms with van der Waals surface area (Å²) >= 11 is 2.24. The van der Waals surface area contributed by atoms with Gasteiger partial charge in [0.1, 0.15) is 0 Å². The van der Waals surface area contributed by atoms with Crippen LogP contribution < -0.4 is 0 Å². The Morgan fingerprint density at radius 1 is 1.05 bits per heavy atom. The molecule has 1 saturated heterocycles. The molecule has 0 spiro atoms. The average Bonchev–Trinajstić information content (AvgIpc) is 2.97. The molecule has 1 aliphatic heterocycles. The van der Waals surface area contributed by atoms with Crippen LogP contribution in [0.15, 0.2) is 54.6 Å². The van der Waals surface area contributed by atoms with Gasteiger partial charge in [0, 0.05) is 10.1 Å². The van der Waals surface area contributed by atoms with Crippen molar-refractivity contribution in [3.63, 3.8) is 0 Å². The molecular weight excluding hydrogens is 361 g/mol. The number of hydrogen-bond acceptors (Lipinski definition) is 1. The molecule has 3 rings (SSSR count). The maximum absolute atomic E-state index is 12.8. The van der Waals surface area contributed by atoms with E-state index in [-0.39, 0.29) is 11.9 Å². The molecule has 1 fully saturated rings. The van der Waals surface area contributed by atoms with E-state index < -0.39 is 0 Å². The van der Waals surface area contributed by atoms with Gasteiger partial charge in [-0.3, -0.25) is 4.79 Å². The van der Waals surface area contributed by atoms with Gasteiger partial charge in [0.25, 0.3) is 5.91 Å². The molecule has 0 N–H and O–H groups in total. The van der Waals surface area contributed by atoms with Crippen molar-refractivity contribution in [1.82, 2.24) is 4.90 Å². The lowest BCUT2D eigenvalue weighted by Gasteiger charge is -2.25. The van der Waals surface area contributed by atoms with Gasteiger partial charge in [-0.1, -0.05) is 42.5 Å². The minimum atomic E-state index is 0.154. The SMILES string of the molecule is O=C(c1ccccc1I)N1CCCC1c1ccccc1. The van der Waals surface area contributed by atoms with Crippen LogP contribution in [0.2, 0.25) is 0 Å². The zero-order chi connectivity index (χ0) is 13.9. The van der Waals surface area contributed by atoms with Crippen molar-refractivity contribution in [1.29, 1.82) is 0 Å². The lowest BCUT2D eigenvalue weighted by atomic mass is 10.0. The lowest BCUT2D eigenvalue weighted by molar-refractivity contribution is 0.0734. The lowest BCUT2D eigenvalue weighted by Crippen LogP contribution is -2.31. The van der Waals surface area contributed by atoms with E-state index in [0.717, 1.165) is 28.5 Å². The molecule has 2 aromatic rings. The highest BCUT2D eigenvalue weighted by Gasteiger charge is 2.30. The Kier molecular flexibility index (Phi) is 4.05. The van der Waals surface area contributed by atoms with E-state index in [2.05, 4.69) is 34.7 Å². The maximum atomic E-state index is 12.8. The molecule has 1 amide bonds. The number of carbonyl (C=O) groups is 1. The topological polar surface area (TPSA) is 20.3 Å². The summed E-state index contributed by atoms with van der Waals surface area (Å²) in [5.74, 6) is 0.154. The van der Waals surface area contributed by atoms with Gasteiger partial charge < -0.3 is 4.90 Å². The van der Waals surface area contributed by atoms with E-state index in [0.29, 0.717) is 0 Å². The van der Waals surface area contributed by atoms with E-state index in [1.54, 1.807) is 0 Å². The van der Waals surface area contributed by atoms with E-state index >= 15 is 0 Å². The Hall–Kier alpha value is -1.36. The normalized spacial score (nSPS) is 18.2. The Balaban J connectivity index is 1.90. The predicted molar refractivity (Wildman–Crippen MR) is 88.6 cm³/mol. The Labute approximate surface area is 132 Å². The van der Waals surface area contributed by atoms with Crippen LogP contribution in [0, 0.1) is 3.57 Å². The molecule has 1 aliphatic rings. The van der Waals surface area contributed by atoms with Gasteiger partial charge in [0.15, 0.2) is 0 Å². The molecular formula is C17H16INO. The number of rotatable bonds is 2. The first-order chi connectivity index (χ1) is 9.77. The quantitative estimate of drug-likeness (QED) is 0.716. The smallest absolute Gasteiger partial charge is 0.255 e. The third-order valence-corrected chi connectivity index (χ3v) is 4.74. The predicted octanol–water partition coefficient (Wildman–Crippen LogP) is 4.27. The summed E-state index contributed by atoms with van der Waals surface area (Å²) in [7, 11) is 0. The Bertz CT molecular complexity index is 611. The van der Waals surface area contributed by atoms with Crippen molar-refractivity contribution in [3.8, 4) is 0 Å². The number of likely N-dealkylation sites (tertiary alicyclic amines) is 1. The molecule has 0 aliphatic carbocycles. The first kappa shape index (κ1) is 13.6. The fraction of sp³-hybridized carbons (Fsp3) is 0.235. The van der Waals surface area contributed by atoms with Crippen molar-refractivity contribution in [2.45, 2.75) is 18.9 Å². The van der Waals surface area contributed by atoms with Crippen molar-refractivity contribution in [2.24, 2.45) is 0 Å². The molecule has 0 radical (unpaired) electrons. The van der Waals surface area contributed by atoms with Crippen LogP contribution in [0.5, 0.6) is 0 Å². The highest BCUT2D eigenvalue weighted by atomic mass is 127. The Morgan fingerprint density at radius 3 is 2.50 bits per heavy atom. The summed E-state index contributed by atoms with van der Waals surface area (Å²) < 4.78 is 1.02. The fourth-order valence-corrected chi connectivity index (χ4v) is 3.44. The molecule has 1 atom stereocenters. The largest absolute Gasteiger partial charge is 0.332 e. The second-order valence-corrected chi connectivity index (χ2v) is 6.21. The molecule has 1 heterocycles. The van der Waals surface area contributed by atoms with Crippen molar-refractivity contribution < 1.29 is 4.79 Å². The standard InChI is InChI=1S/C17H16INO/c18-15-10-5-4-9-14(15)17(20)19-12-6-11-16(19)13-7-2-1-3-8-13/h1-5,7-10,16H,6,11-12H2. The molecule has 2 nitrogen and oxygen atoms in total. The van der Waals surface area contributed by atoms with Crippen LogP contribution in [0.3, 0.4) is 0 Å². The molecule has 3 heteroatoms. The van der Waals surface area contributed by atoms with Crippen LogP contribution in [0.25, 0.3) is 0 Å². The monoisotopic (exact) mass is 377 g/mol. The maximum Gasteiger partial charge on any atom is 0.255 e. The number of nitrogens with zero attached hydrogens (tertiary/aromatic N) is 1. The van der Waals surface area contributed by atoms with E-state index in [1.165, 1.54) is 5.56 Å². The third kappa shape index (κ3) is 2.59. The first-order valence-electron chi connectivity index (χ1n) is 6.88. The number of benzene rings is 2. The minimum absolute atomic E-state index is 0.154. The third-order valence-electron chi connectivity index (χ3n) is 3.80. The van der Waals surface area contributed by atoms with Crippen molar-refractivity contribution in [3.05, 3.63) is 69.3 Å². The van der Waals surface area contributed by atoms with Crippen LogP contribution >= 0.6 is 22.6 Å². The highest BCUT2D eigenvalue weighted by molar-refractivity contribution is 14.1. The summed E-state index contributed by atoms with van der Waals surface area (Å²) in [6.45, 7) is 0.851. The van der Waals surface area contributed by atoms with Crippen LogP contribution in [-0.4, -0.2) is 17.4 Å². The first-order valence-corrected chi connectivity index (χ1v) is 7.95. The summed E-state index contributed by atoms with van der Waals surface area (Å²) in [5.41, 5.74) is 2.06. The average molecular weight is 377 g/mol. The van der Waals surface area contributed by atoms with E-state index in [1.807, 2.05) is 47.4 Å². The summed E-state index contributed by atoms with van der Waals surface area (Å²) in [4.78, 5) is 14.8. The molecule has 0 saturated carbocycles. The van der Waals surface area contributed by atoms with Gasteiger partial charge in [0.05, 0.1) is 11.6 Å². The highest BCUT2D eigenvalue weighted by Crippen LogP contribution is 2.33. The molecule has 102 valence electrons. The molecule has 2 aromatic carbocycles. The summed E-state index contributed by atoms with van der Waals surface area (Å²) in [6, 6.07) is 18.4. The van der Waals surface area contributed by atoms with Crippen molar-refractivity contribution >= 4 is 28.5 Å². The van der Waals surface area contributed by atoms with Crippen LogP contribution in [0.4, 0.5) is 0 Å². The second kappa shape index (κ2) is 5.95. The van der Waals surface area contributed by atoms with Crippen LogP contribution in [0.1, 0.15) is 34.8 Å². The summed E-state index contributed by atoms with van der Waals surface area (Å²) in [5, 5.41) is 0. The van der Waals surface area contributed by atoms with Gasteiger partial charge in [-0.2, -0.15) is 0 Å². The second-order valence-electron chi connectivity index (χ2n) is 5.05. The summed E-state index contributed by atoms with van der Waals surface area (Å²) in [6.07, 6.45) is 2.13. The van der Waals surface area contributed by atoms with Crippen LogP contribution in [-0.2, 0) is 0 Å². The molecule has 0 aromatic heterocycles. The number of amides is 1. The zero-order valence-electron chi connectivity index (χ0n) is 11.1. The van der Waals surface area contributed by atoms with E-state index in [4.69, 9.17) is 0 Å². The molecule has 1 unspecified atom stereocenters. The van der Waals surface area contributed by atoms with Gasteiger partial charge in [-0.25, -0.2) is 0 Å². The fourth-order valence-electron chi connectivity index (χ4n) is 2.82. The number of hydrogen-bond donors (Lipinski definition) is 0. The van der Waals surface area contributed by atoms with Gasteiger partial charge in [-0.15, -0.1) is 0 Å². The Morgan fingerprint density at radius 2 is 1.75 bits per heavy atom. The van der Waals surface area contributed by atoms with E-state index in [9.17, 15) is 4.79 Å². The van der Waals surface area contributed by atoms with Gasteiger partial charge >= 0.3 is 0 Å². The number of carbonyl (C=O) groups excluding carboxylic acids is 1. The zero-order valence-corrected chi connectivity index (χ0v) is 13.3. The molecule has 20 heavy (non-hydrogen) atoms. The van der Waals surface area contributed by atoms with Gasteiger partial charge in [0.2, 0.25) is 0 Å². The number of halogens is 1. The minimum Gasteiger partial charge on any atom is -0.332 e. The van der Waals surface area contributed by atoms with Crippen molar-refractivity contribution in [2.75, 3.05) is 6.54 Å². The molecule has 0 bridgehead atoms.